The van der Waals surface area contributed by atoms with Crippen molar-refractivity contribution in [3.05, 3.63) is 29.8 Å². The highest BCUT2D eigenvalue weighted by molar-refractivity contribution is 5.76. The Kier molecular flexibility index (Phi) is 6.35. The number of hydrogen-bond acceptors (Lipinski definition) is 3. The number of anilines is 1. The van der Waals surface area contributed by atoms with E-state index in [0.717, 1.165) is 38.5 Å². The van der Waals surface area contributed by atoms with Gasteiger partial charge >= 0.3 is 0 Å². The molecule has 2 aliphatic rings. The lowest BCUT2D eigenvalue weighted by molar-refractivity contribution is -0.131. The third-order valence-corrected chi connectivity index (χ3v) is 5.80. The van der Waals surface area contributed by atoms with Crippen molar-refractivity contribution < 1.29 is 4.79 Å². The highest BCUT2D eigenvalue weighted by atomic mass is 16.2. The van der Waals surface area contributed by atoms with Crippen molar-refractivity contribution >= 4 is 11.6 Å². The summed E-state index contributed by atoms with van der Waals surface area (Å²) in [6.07, 6.45) is 8.08. The topological polar surface area (TPSA) is 26.8 Å². The molecule has 1 aromatic rings. The molecule has 4 nitrogen and oxygen atoms in total. The first kappa shape index (κ1) is 18.2. The van der Waals surface area contributed by atoms with Gasteiger partial charge in [-0.05, 0) is 43.4 Å². The van der Waals surface area contributed by atoms with Crippen molar-refractivity contribution in [1.29, 1.82) is 0 Å². The third kappa shape index (κ3) is 4.97. The van der Waals surface area contributed by atoms with Crippen molar-refractivity contribution in [1.82, 2.24) is 9.80 Å². The molecular weight excluding hydrogens is 310 g/mol. The number of hydrogen-bond donors (Lipinski definition) is 0. The second-order valence-corrected chi connectivity index (χ2v) is 7.77. The first-order chi connectivity index (χ1) is 12.1. The average molecular weight is 344 g/mol. The highest BCUT2D eigenvalue weighted by Crippen LogP contribution is 2.24. The molecular formula is C21H33N3O. The number of rotatable bonds is 5. The molecule has 0 N–H and O–H groups in total. The molecule has 1 aromatic carbocycles. The minimum atomic E-state index is 0.324. The molecule has 0 aromatic heterocycles. The minimum absolute atomic E-state index is 0.324. The summed E-state index contributed by atoms with van der Waals surface area (Å²) in [5.74, 6) is 0.324. The Morgan fingerprint density at radius 2 is 1.72 bits per heavy atom. The molecule has 0 radical (unpaired) electrons. The van der Waals surface area contributed by atoms with E-state index in [1.165, 1.54) is 43.5 Å². The van der Waals surface area contributed by atoms with Crippen LogP contribution in [-0.4, -0.2) is 62.0 Å². The summed E-state index contributed by atoms with van der Waals surface area (Å²) >= 11 is 0. The quantitative estimate of drug-likeness (QED) is 0.822. The summed E-state index contributed by atoms with van der Waals surface area (Å²) in [5.41, 5.74) is 2.45. The van der Waals surface area contributed by atoms with Crippen LogP contribution in [0, 0.1) is 0 Å². The molecule has 1 amide bonds. The standard InChI is InChI=1S/C21H33N3O/c1-22(2)19-11-8-18(9-12-19)10-13-21(25)24-15-5-14-23(16-17-24)20-6-3-4-7-20/h8-9,11-12,20H,3-7,10,13-17H2,1-2H3. The van der Waals surface area contributed by atoms with Gasteiger partial charge in [-0.3, -0.25) is 9.69 Å². The molecule has 4 heteroatoms. The Bertz CT molecular complexity index is 549. The zero-order valence-electron chi connectivity index (χ0n) is 15.9. The van der Waals surface area contributed by atoms with E-state index < -0.39 is 0 Å². The normalized spacial score (nSPS) is 19.8. The van der Waals surface area contributed by atoms with Crippen molar-refractivity contribution in [3.8, 4) is 0 Å². The molecule has 1 heterocycles. The minimum Gasteiger partial charge on any atom is -0.378 e. The Balaban J connectivity index is 1.46. The van der Waals surface area contributed by atoms with E-state index in [9.17, 15) is 4.79 Å². The lowest BCUT2D eigenvalue weighted by Gasteiger charge is -2.27. The van der Waals surface area contributed by atoms with Crippen LogP contribution in [0.2, 0.25) is 0 Å². The summed E-state index contributed by atoms with van der Waals surface area (Å²) in [4.78, 5) is 19.5. The van der Waals surface area contributed by atoms with Crippen molar-refractivity contribution in [3.63, 3.8) is 0 Å². The van der Waals surface area contributed by atoms with E-state index in [1.54, 1.807) is 0 Å². The number of amides is 1. The van der Waals surface area contributed by atoms with E-state index in [4.69, 9.17) is 0 Å². The monoisotopic (exact) mass is 343 g/mol. The summed E-state index contributed by atoms with van der Waals surface area (Å²) in [5, 5.41) is 0. The van der Waals surface area contributed by atoms with Crippen LogP contribution in [-0.2, 0) is 11.2 Å². The Labute approximate surface area is 152 Å². The van der Waals surface area contributed by atoms with Gasteiger partial charge in [0, 0.05) is 58.4 Å². The second kappa shape index (κ2) is 8.70. The Morgan fingerprint density at radius 1 is 1.00 bits per heavy atom. The lowest BCUT2D eigenvalue weighted by atomic mass is 10.1. The number of aryl methyl sites for hydroxylation is 1. The van der Waals surface area contributed by atoms with Crippen LogP contribution < -0.4 is 4.90 Å². The smallest absolute Gasteiger partial charge is 0.222 e. The maximum absolute atomic E-state index is 12.6. The maximum Gasteiger partial charge on any atom is 0.222 e. The van der Waals surface area contributed by atoms with Crippen LogP contribution in [0.3, 0.4) is 0 Å². The zero-order chi connectivity index (χ0) is 17.6. The zero-order valence-corrected chi connectivity index (χ0v) is 15.9. The van der Waals surface area contributed by atoms with Gasteiger partial charge in [0.1, 0.15) is 0 Å². The predicted molar refractivity (Wildman–Crippen MR) is 104 cm³/mol. The number of benzene rings is 1. The van der Waals surface area contributed by atoms with Gasteiger partial charge in [-0.2, -0.15) is 0 Å². The molecule has 0 spiro atoms. The van der Waals surface area contributed by atoms with Crippen molar-refractivity contribution in [2.45, 2.75) is 51.0 Å². The second-order valence-electron chi connectivity index (χ2n) is 7.77. The molecule has 1 saturated carbocycles. The fraction of sp³-hybridized carbons (Fsp3) is 0.667. The summed E-state index contributed by atoms with van der Waals surface area (Å²) in [6.45, 7) is 4.07. The van der Waals surface area contributed by atoms with Gasteiger partial charge in [0.15, 0.2) is 0 Å². The van der Waals surface area contributed by atoms with E-state index in [1.807, 2.05) is 14.1 Å². The van der Waals surface area contributed by atoms with Gasteiger partial charge in [-0.15, -0.1) is 0 Å². The Hall–Kier alpha value is -1.55. The van der Waals surface area contributed by atoms with Crippen LogP contribution in [0.5, 0.6) is 0 Å². The third-order valence-electron chi connectivity index (χ3n) is 5.80. The van der Waals surface area contributed by atoms with E-state index in [-0.39, 0.29) is 0 Å². The maximum atomic E-state index is 12.6. The number of nitrogens with zero attached hydrogens (tertiary/aromatic N) is 3. The molecule has 0 unspecified atom stereocenters. The van der Waals surface area contributed by atoms with E-state index in [2.05, 4.69) is 39.0 Å². The van der Waals surface area contributed by atoms with E-state index in [0.29, 0.717) is 12.3 Å². The first-order valence-electron chi connectivity index (χ1n) is 9.91. The van der Waals surface area contributed by atoms with Gasteiger partial charge in [0.2, 0.25) is 5.91 Å². The molecule has 1 aliphatic heterocycles. The summed E-state index contributed by atoms with van der Waals surface area (Å²) in [7, 11) is 4.10. The van der Waals surface area contributed by atoms with Gasteiger partial charge < -0.3 is 9.80 Å². The van der Waals surface area contributed by atoms with Crippen molar-refractivity contribution in [2.24, 2.45) is 0 Å². The van der Waals surface area contributed by atoms with Crippen LogP contribution in [0.25, 0.3) is 0 Å². The molecule has 3 rings (SSSR count). The number of carbonyl (C=O) groups excluding carboxylic acids is 1. The van der Waals surface area contributed by atoms with Gasteiger partial charge in [0.25, 0.3) is 0 Å². The predicted octanol–water partition coefficient (Wildman–Crippen LogP) is 3.16. The average Bonchev–Trinajstić information content (AvgIpc) is 3.04. The van der Waals surface area contributed by atoms with Crippen LogP contribution >= 0.6 is 0 Å². The molecule has 0 atom stereocenters. The molecule has 25 heavy (non-hydrogen) atoms. The largest absolute Gasteiger partial charge is 0.378 e. The highest BCUT2D eigenvalue weighted by Gasteiger charge is 2.25. The van der Waals surface area contributed by atoms with Gasteiger partial charge in [0.05, 0.1) is 0 Å². The summed E-state index contributed by atoms with van der Waals surface area (Å²) < 4.78 is 0. The fourth-order valence-electron chi connectivity index (χ4n) is 4.19. The van der Waals surface area contributed by atoms with Crippen LogP contribution in [0.4, 0.5) is 5.69 Å². The molecule has 2 fully saturated rings. The van der Waals surface area contributed by atoms with Crippen molar-refractivity contribution in [2.75, 3.05) is 45.2 Å². The Morgan fingerprint density at radius 3 is 2.40 bits per heavy atom. The fourth-order valence-corrected chi connectivity index (χ4v) is 4.19. The number of carbonyl (C=O) groups is 1. The SMILES string of the molecule is CN(C)c1ccc(CCC(=O)N2CCCN(C3CCCC3)CC2)cc1. The molecule has 1 aliphatic carbocycles. The van der Waals surface area contributed by atoms with Gasteiger partial charge in [-0.1, -0.05) is 25.0 Å². The van der Waals surface area contributed by atoms with Gasteiger partial charge in [-0.25, -0.2) is 0 Å². The molecule has 138 valence electrons. The van der Waals surface area contributed by atoms with E-state index >= 15 is 0 Å². The lowest BCUT2D eigenvalue weighted by Crippen LogP contribution is -2.38. The molecule has 0 bridgehead atoms. The first-order valence-corrected chi connectivity index (χ1v) is 9.91. The summed E-state index contributed by atoms with van der Waals surface area (Å²) in [6, 6.07) is 9.33. The van der Waals surface area contributed by atoms with Crippen LogP contribution in [0.15, 0.2) is 24.3 Å². The molecule has 1 saturated heterocycles. The van der Waals surface area contributed by atoms with Crippen LogP contribution in [0.1, 0.15) is 44.1 Å².